The van der Waals surface area contributed by atoms with Crippen molar-refractivity contribution in [3.8, 4) is 17.2 Å². The zero-order chi connectivity index (χ0) is 18.4. The molecule has 0 saturated heterocycles. The molecule has 1 atom stereocenters. The number of ether oxygens (including phenoxy) is 3. The van der Waals surface area contributed by atoms with Crippen molar-refractivity contribution in [3.63, 3.8) is 0 Å². The van der Waals surface area contributed by atoms with Crippen LogP contribution in [0.15, 0.2) is 42.5 Å². The Bertz CT molecular complexity index is 690. The van der Waals surface area contributed by atoms with E-state index in [9.17, 15) is 13.2 Å². The topological polar surface area (TPSA) is 53.7 Å². The summed E-state index contributed by atoms with van der Waals surface area (Å²) in [7, 11) is 2.84. The molecule has 0 bridgehead atoms. The smallest absolute Gasteiger partial charge is 0.390 e. The van der Waals surface area contributed by atoms with E-state index in [1.807, 2.05) is 30.3 Å². The van der Waals surface area contributed by atoms with Crippen molar-refractivity contribution >= 4 is 0 Å². The van der Waals surface area contributed by atoms with Crippen LogP contribution in [-0.2, 0) is 6.61 Å². The van der Waals surface area contributed by atoms with E-state index in [-0.39, 0.29) is 17.9 Å². The minimum Gasteiger partial charge on any atom is -0.493 e. The molecule has 2 N–H and O–H groups in total. The van der Waals surface area contributed by atoms with Crippen LogP contribution in [0, 0.1) is 0 Å². The quantitative estimate of drug-likeness (QED) is 0.807. The lowest BCUT2D eigenvalue weighted by Gasteiger charge is -2.20. The zero-order valence-electron chi connectivity index (χ0n) is 14.0. The van der Waals surface area contributed by atoms with Crippen LogP contribution in [0.3, 0.4) is 0 Å². The molecule has 0 aliphatic rings. The molecule has 0 aromatic heterocycles. The van der Waals surface area contributed by atoms with Gasteiger partial charge in [-0.25, -0.2) is 0 Å². The van der Waals surface area contributed by atoms with E-state index in [2.05, 4.69) is 0 Å². The molecular weight excluding hydrogens is 335 g/mol. The fourth-order valence-corrected chi connectivity index (χ4v) is 2.39. The highest BCUT2D eigenvalue weighted by Crippen LogP contribution is 2.40. The minimum atomic E-state index is -4.39. The Labute approximate surface area is 144 Å². The minimum absolute atomic E-state index is 0.196. The van der Waals surface area contributed by atoms with Crippen molar-refractivity contribution in [2.75, 3.05) is 14.2 Å². The first-order valence-electron chi connectivity index (χ1n) is 7.59. The summed E-state index contributed by atoms with van der Waals surface area (Å²) in [5.74, 6) is 0.883. The van der Waals surface area contributed by atoms with Gasteiger partial charge in [0.15, 0.2) is 11.5 Å². The molecule has 0 unspecified atom stereocenters. The van der Waals surface area contributed by atoms with Gasteiger partial charge in [-0.2, -0.15) is 13.2 Å². The summed E-state index contributed by atoms with van der Waals surface area (Å²) in [6, 6.07) is 10.9. The maximum absolute atomic E-state index is 12.7. The molecule has 136 valence electrons. The summed E-state index contributed by atoms with van der Waals surface area (Å²) >= 11 is 0. The van der Waals surface area contributed by atoms with Gasteiger partial charge in [-0.05, 0) is 11.6 Å². The van der Waals surface area contributed by atoms with Crippen LogP contribution in [0.4, 0.5) is 13.2 Å². The summed E-state index contributed by atoms with van der Waals surface area (Å²) in [6.07, 6.45) is -5.55. The Morgan fingerprint density at radius 2 is 1.56 bits per heavy atom. The number of benzene rings is 2. The fourth-order valence-electron chi connectivity index (χ4n) is 2.39. The average Bonchev–Trinajstić information content (AvgIpc) is 2.58. The highest BCUT2D eigenvalue weighted by atomic mass is 19.4. The summed E-state index contributed by atoms with van der Waals surface area (Å²) in [5.41, 5.74) is 6.87. The molecule has 2 aromatic rings. The second-order valence-electron chi connectivity index (χ2n) is 5.45. The standard InChI is InChI=1S/C18H20F3NO3/c1-23-16-8-13(14(22)10-18(19,20)21)15(9-17(16)24-2)25-11-12-6-4-3-5-7-12/h3-9,14H,10-11,22H2,1-2H3/t14-/m0/s1. The maximum Gasteiger partial charge on any atom is 0.390 e. The van der Waals surface area contributed by atoms with Gasteiger partial charge in [0.1, 0.15) is 12.4 Å². The monoisotopic (exact) mass is 355 g/mol. The first kappa shape index (κ1) is 18.9. The van der Waals surface area contributed by atoms with Crippen LogP contribution in [0.2, 0.25) is 0 Å². The van der Waals surface area contributed by atoms with Gasteiger partial charge in [-0.3, -0.25) is 0 Å². The van der Waals surface area contributed by atoms with Crippen LogP contribution in [0.1, 0.15) is 23.6 Å². The van der Waals surface area contributed by atoms with E-state index in [1.165, 1.54) is 26.4 Å². The first-order valence-corrected chi connectivity index (χ1v) is 7.59. The van der Waals surface area contributed by atoms with Gasteiger partial charge >= 0.3 is 6.18 Å². The fraction of sp³-hybridized carbons (Fsp3) is 0.333. The van der Waals surface area contributed by atoms with Gasteiger partial charge in [-0.15, -0.1) is 0 Å². The summed E-state index contributed by atoms with van der Waals surface area (Å²) < 4.78 is 54.2. The third-order valence-electron chi connectivity index (χ3n) is 3.60. The Hall–Kier alpha value is -2.41. The van der Waals surface area contributed by atoms with Crippen molar-refractivity contribution < 1.29 is 27.4 Å². The lowest BCUT2D eigenvalue weighted by Crippen LogP contribution is -2.21. The molecule has 2 aromatic carbocycles. The van der Waals surface area contributed by atoms with Crippen molar-refractivity contribution in [2.45, 2.75) is 25.2 Å². The van der Waals surface area contributed by atoms with Crippen molar-refractivity contribution in [1.82, 2.24) is 0 Å². The summed E-state index contributed by atoms with van der Waals surface area (Å²) in [6.45, 7) is 0.196. The van der Waals surface area contributed by atoms with Crippen LogP contribution in [0.5, 0.6) is 17.2 Å². The molecule has 2 rings (SSSR count). The Balaban J connectivity index is 2.33. The first-order chi connectivity index (χ1) is 11.8. The largest absolute Gasteiger partial charge is 0.493 e. The average molecular weight is 355 g/mol. The van der Waals surface area contributed by atoms with Gasteiger partial charge in [0.25, 0.3) is 0 Å². The van der Waals surface area contributed by atoms with E-state index in [4.69, 9.17) is 19.9 Å². The van der Waals surface area contributed by atoms with E-state index >= 15 is 0 Å². The second kappa shape index (κ2) is 8.11. The number of alkyl halides is 3. The molecule has 0 heterocycles. The van der Waals surface area contributed by atoms with E-state index in [1.54, 1.807) is 0 Å². The second-order valence-corrected chi connectivity index (χ2v) is 5.45. The van der Waals surface area contributed by atoms with Gasteiger partial charge in [0.05, 0.1) is 20.6 Å². The Morgan fingerprint density at radius 3 is 2.12 bits per heavy atom. The van der Waals surface area contributed by atoms with Crippen LogP contribution in [0.25, 0.3) is 0 Å². The van der Waals surface area contributed by atoms with Crippen LogP contribution in [-0.4, -0.2) is 20.4 Å². The number of hydrogen-bond acceptors (Lipinski definition) is 4. The van der Waals surface area contributed by atoms with Crippen molar-refractivity contribution in [3.05, 3.63) is 53.6 Å². The molecule has 0 fully saturated rings. The third kappa shape index (κ3) is 5.29. The lowest BCUT2D eigenvalue weighted by molar-refractivity contribution is -0.138. The lowest BCUT2D eigenvalue weighted by atomic mass is 10.0. The number of halogens is 3. The highest BCUT2D eigenvalue weighted by Gasteiger charge is 2.32. The molecule has 0 aliphatic carbocycles. The third-order valence-corrected chi connectivity index (χ3v) is 3.60. The highest BCUT2D eigenvalue weighted by molar-refractivity contribution is 5.52. The van der Waals surface area contributed by atoms with Crippen LogP contribution < -0.4 is 19.9 Å². The van der Waals surface area contributed by atoms with Gasteiger partial charge in [-0.1, -0.05) is 30.3 Å². The molecule has 0 radical (unpaired) electrons. The number of rotatable bonds is 7. The van der Waals surface area contributed by atoms with E-state index < -0.39 is 18.6 Å². The molecule has 0 spiro atoms. The van der Waals surface area contributed by atoms with Crippen molar-refractivity contribution in [2.24, 2.45) is 5.73 Å². The maximum atomic E-state index is 12.7. The molecule has 25 heavy (non-hydrogen) atoms. The van der Waals surface area contributed by atoms with E-state index in [0.29, 0.717) is 11.5 Å². The predicted octanol–water partition coefficient (Wildman–Crippen LogP) is 4.24. The molecule has 0 amide bonds. The normalized spacial score (nSPS) is 12.6. The molecule has 0 aliphatic heterocycles. The van der Waals surface area contributed by atoms with Gasteiger partial charge in [0.2, 0.25) is 0 Å². The van der Waals surface area contributed by atoms with Gasteiger partial charge < -0.3 is 19.9 Å². The molecule has 4 nitrogen and oxygen atoms in total. The Kier molecular flexibility index (Phi) is 6.14. The zero-order valence-corrected chi connectivity index (χ0v) is 14.0. The van der Waals surface area contributed by atoms with Crippen LogP contribution >= 0.6 is 0 Å². The van der Waals surface area contributed by atoms with Gasteiger partial charge in [0, 0.05) is 17.7 Å². The van der Waals surface area contributed by atoms with Crippen molar-refractivity contribution in [1.29, 1.82) is 0 Å². The SMILES string of the molecule is COc1cc(OCc2ccccc2)c([C@@H](N)CC(F)(F)F)cc1OC. The summed E-state index contributed by atoms with van der Waals surface area (Å²) in [4.78, 5) is 0. The summed E-state index contributed by atoms with van der Waals surface area (Å²) in [5, 5.41) is 0. The number of hydrogen-bond donors (Lipinski definition) is 1. The number of nitrogens with two attached hydrogens (primary N) is 1. The predicted molar refractivity (Wildman–Crippen MR) is 87.9 cm³/mol. The molecule has 0 saturated carbocycles. The van der Waals surface area contributed by atoms with E-state index in [0.717, 1.165) is 5.56 Å². The molecule has 7 heteroatoms. The molecular formula is C18H20F3NO3. The Morgan fingerprint density at radius 1 is 0.960 bits per heavy atom. The number of methoxy groups -OCH3 is 2.